The van der Waals surface area contributed by atoms with Crippen molar-refractivity contribution in [2.75, 3.05) is 6.61 Å². The highest BCUT2D eigenvalue weighted by molar-refractivity contribution is 6.30. The second-order valence-corrected chi connectivity index (χ2v) is 5.86. The number of carbonyl (C=O) groups is 2. The van der Waals surface area contributed by atoms with Gasteiger partial charge in [0.25, 0.3) is 5.91 Å². The first-order valence-electron chi connectivity index (χ1n) is 7.07. The third-order valence-corrected chi connectivity index (χ3v) is 3.67. The van der Waals surface area contributed by atoms with Crippen molar-refractivity contribution in [3.05, 3.63) is 64.1 Å². The quantitative estimate of drug-likeness (QED) is 0.815. The number of rotatable bonds is 7. The summed E-state index contributed by atoms with van der Waals surface area (Å²) < 4.78 is 5.33. The first-order chi connectivity index (χ1) is 11.4. The summed E-state index contributed by atoms with van der Waals surface area (Å²) in [5.41, 5.74) is 0.614. The van der Waals surface area contributed by atoms with Gasteiger partial charge in [-0.15, -0.1) is 0 Å². The molecule has 1 atom stereocenters. The van der Waals surface area contributed by atoms with Crippen LogP contribution in [0.1, 0.15) is 18.0 Å². The summed E-state index contributed by atoms with van der Waals surface area (Å²) in [4.78, 5) is 22.9. The Morgan fingerprint density at radius 1 is 1.00 bits per heavy atom. The highest BCUT2D eigenvalue weighted by atomic mass is 35.5. The van der Waals surface area contributed by atoms with E-state index < -0.39 is 17.9 Å². The van der Waals surface area contributed by atoms with Crippen molar-refractivity contribution in [1.82, 2.24) is 5.32 Å². The summed E-state index contributed by atoms with van der Waals surface area (Å²) in [6, 6.07) is 12.4. The molecule has 7 heteroatoms. The highest BCUT2D eigenvalue weighted by Gasteiger charge is 2.15. The van der Waals surface area contributed by atoms with Crippen molar-refractivity contribution in [3.63, 3.8) is 0 Å². The molecule has 0 aliphatic carbocycles. The van der Waals surface area contributed by atoms with Gasteiger partial charge in [-0.25, -0.2) is 0 Å². The van der Waals surface area contributed by atoms with Gasteiger partial charge in [0.15, 0.2) is 6.61 Å². The molecule has 2 aromatic rings. The second-order valence-electron chi connectivity index (χ2n) is 4.99. The average molecular weight is 367 g/mol. The van der Waals surface area contributed by atoms with Crippen LogP contribution in [-0.4, -0.2) is 18.5 Å². The number of aliphatic carboxylic acids is 1. The Kier molecular flexibility index (Phi) is 6.46. The summed E-state index contributed by atoms with van der Waals surface area (Å²) in [5.74, 6) is -1.24. The van der Waals surface area contributed by atoms with Crippen molar-refractivity contribution < 1.29 is 19.4 Å². The molecule has 2 aromatic carbocycles. The number of amides is 1. The van der Waals surface area contributed by atoms with Gasteiger partial charge in [-0.1, -0.05) is 35.3 Å². The van der Waals surface area contributed by atoms with Gasteiger partial charge in [-0.05, 0) is 42.0 Å². The molecular formula is C17H14Cl2NO4-. The molecule has 0 saturated carbocycles. The molecule has 1 N–H and O–H groups in total. The van der Waals surface area contributed by atoms with E-state index in [-0.39, 0.29) is 13.0 Å². The van der Waals surface area contributed by atoms with Crippen LogP contribution in [0.2, 0.25) is 10.0 Å². The normalized spacial score (nSPS) is 11.6. The summed E-state index contributed by atoms with van der Waals surface area (Å²) >= 11 is 11.6. The molecular weight excluding hydrogens is 353 g/mol. The van der Waals surface area contributed by atoms with E-state index in [1.54, 1.807) is 48.5 Å². The van der Waals surface area contributed by atoms with Crippen LogP contribution in [0.15, 0.2) is 48.5 Å². The summed E-state index contributed by atoms with van der Waals surface area (Å²) in [6.45, 7) is -0.251. The fraction of sp³-hybridized carbons (Fsp3) is 0.176. The second kappa shape index (κ2) is 8.57. The van der Waals surface area contributed by atoms with E-state index >= 15 is 0 Å². The molecule has 0 radical (unpaired) electrons. The largest absolute Gasteiger partial charge is 0.550 e. The van der Waals surface area contributed by atoms with Gasteiger partial charge in [-0.2, -0.15) is 0 Å². The average Bonchev–Trinajstić information content (AvgIpc) is 2.54. The fourth-order valence-electron chi connectivity index (χ4n) is 2.03. The maximum Gasteiger partial charge on any atom is 0.258 e. The predicted molar refractivity (Wildman–Crippen MR) is 88.9 cm³/mol. The van der Waals surface area contributed by atoms with Gasteiger partial charge in [0.2, 0.25) is 0 Å². The standard InChI is InChI=1S/C17H15Cl2NO4/c18-12-3-1-11(2-4-12)15(9-17(22)23)20-16(21)10-24-14-7-5-13(19)6-8-14/h1-8,15H,9-10H2,(H,20,21)(H,22,23)/p-1. The number of carboxylic acids is 1. The zero-order valence-corrected chi connectivity index (χ0v) is 14.0. The SMILES string of the molecule is O=C([O-])CC(NC(=O)COc1ccc(Cl)cc1)c1ccc(Cl)cc1. The number of halogens is 2. The molecule has 0 aliphatic rings. The molecule has 0 saturated heterocycles. The van der Waals surface area contributed by atoms with E-state index in [4.69, 9.17) is 27.9 Å². The van der Waals surface area contributed by atoms with Crippen molar-refractivity contribution in [2.45, 2.75) is 12.5 Å². The number of carbonyl (C=O) groups excluding carboxylic acids is 2. The number of hydrogen-bond donors (Lipinski definition) is 1. The van der Waals surface area contributed by atoms with Crippen LogP contribution in [0.5, 0.6) is 5.75 Å². The van der Waals surface area contributed by atoms with Crippen molar-refractivity contribution in [1.29, 1.82) is 0 Å². The third-order valence-electron chi connectivity index (χ3n) is 3.16. The smallest absolute Gasteiger partial charge is 0.258 e. The minimum Gasteiger partial charge on any atom is -0.550 e. The molecule has 0 heterocycles. The van der Waals surface area contributed by atoms with Crippen molar-refractivity contribution in [2.24, 2.45) is 0 Å². The molecule has 0 aromatic heterocycles. The van der Waals surface area contributed by atoms with Crippen LogP contribution >= 0.6 is 23.2 Å². The van der Waals surface area contributed by atoms with Crippen LogP contribution in [0.4, 0.5) is 0 Å². The number of nitrogens with one attached hydrogen (secondary N) is 1. The first kappa shape index (κ1) is 18.1. The lowest BCUT2D eigenvalue weighted by Crippen LogP contribution is -2.36. The Labute approximate surface area is 149 Å². The number of carboxylic acid groups (broad SMARTS) is 1. The Morgan fingerprint density at radius 2 is 1.54 bits per heavy atom. The molecule has 0 fully saturated rings. The Morgan fingerprint density at radius 3 is 2.08 bits per heavy atom. The molecule has 2 rings (SSSR count). The van der Waals surface area contributed by atoms with E-state index in [1.165, 1.54) is 0 Å². The van der Waals surface area contributed by atoms with Crippen LogP contribution in [0, 0.1) is 0 Å². The summed E-state index contributed by atoms with van der Waals surface area (Å²) in [7, 11) is 0. The zero-order chi connectivity index (χ0) is 17.5. The number of benzene rings is 2. The lowest BCUT2D eigenvalue weighted by Gasteiger charge is -2.20. The molecule has 24 heavy (non-hydrogen) atoms. The lowest BCUT2D eigenvalue weighted by molar-refractivity contribution is -0.306. The topological polar surface area (TPSA) is 78.5 Å². The first-order valence-corrected chi connectivity index (χ1v) is 7.82. The van der Waals surface area contributed by atoms with E-state index in [0.717, 1.165) is 0 Å². The predicted octanol–water partition coefficient (Wildman–Crippen LogP) is 2.37. The molecule has 0 aliphatic heterocycles. The van der Waals surface area contributed by atoms with Gasteiger partial charge in [0.05, 0.1) is 6.04 Å². The molecule has 1 unspecified atom stereocenters. The van der Waals surface area contributed by atoms with Gasteiger partial charge >= 0.3 is 0 Å². The molecule has 0 bridgehead atoms. The fourth-order valence-corrected chi connectivity index (χ4v) is 2.28. The van der Waals surface area contributed by atoms with Crippen LogP contribution in [0.25, 0.3) is 0 Å². The molecule has 0 spiro atoms. The van der Waals surface area contributed by atoms with Crippen molar-refractivity contribution in [3.8, 4) is 5.75 Å². The van der Waals surface area contributed by atoms with Crippen LogP contribution in [0.3, 0.4) is 0 Å². The summed E-state index contributed by atoms with van der Waals surface area (Å²) in [5, 5.41) is 14.6. The lowest BCUT2D eigenvalue weighted by atomic mass is 10.0. The minimum absolute atomic E-state index is 0.251. The third kappa shape index (κ3) is 5.76. The molecule has 1 amide bonds. The van der Waals surface area contributed by atoms with E-state index in [9.17, 15) is 14.7 Å². The summed E-state index contributed by atoms with van der Waals surface area (Å²) in [6.07, 6.45) is -0.353. The van der Waals surface area contributed by atoms with Gasteiger partial charge < -0.3 is 20.0 Å². The monoisotopic (exact) mass is 366 g/mol. The Balaban J connectivity index is 1.97. The Hall–Kier alpha value is -2.24. The zero-order valence-electron chi connectivity index (χ0n) is 12.5. The molecule has 126 valence electrons. The van der Waals surface area contributed by atoms with E-state index in [1.807, 2.05) is 0 Å². The van der Waals surface area contributed by atoms with E-state index in [0.29, 0.717) is 21.4 Å². The number of ether oxygens (including phenoxy) is 1. The highest BCUT2D eigenvalue weighted by Crippen LogP contribution is 2.19. The minimum atomic E-state index is -1.27. The van der Waals surface area contributed by atoms with E-state index in [2.05, 4.69) is 5.32 Å². The van der Waals surface area contributed by atoms with Crippen LogP contribution < -0.4 is 15.2 Å². The number of hydrogen-bond acceptors (Lipinski definition) is 4. The van der Waals surface area contributed by atoms with Gasteiger partial charge in [-0.3, -0.25) is 4.79 Å². The maximum atomic E-state index is 12.0. The Bertz CT molecular complexity index is 702. The van der Waals surface area contributed by atoms with Gasteiger partial charge in [0.1, 0.15) is 5.75 Å². The van der Waals surface area contributed by atoms with Gasteiger partial charge in [0, 0.05) is 22.4 Å². The van der Waals surface area contributed by atoms with Crippen LogP contribution in [-0.2, 0) is 9.59 Å². The molecule has 5 nitrogen and oxygen atoms in total. The van der Waals surface area contributed by atoms with Crippen molar-refractivity contribution >= 4 is 35.1 Å². The maximum absolute atomic E-state index is 12.0.